The Labute approximate surface area is 281 Å². The molecule has 2 unspecified atom stereocenters. The van der Waals surface area contributed by atoms with E-state index in [1.807, 2.05) is 36.4 Å². The van der Waals surface area contributed by atoms with Gasteiger partial charge in [0.15, 0.2) is 0 Å². The highest BCUT2D eigenvalue weighted by Crippen LogP contribution is 2.22. The van der Waals surface area contributed by atoms with E-state index in [1.54, 1.807) is 24.3 Å². The molecule has 2 atom stereocenters. The summed E-state index contributed by atoms with van der Waals surface area (Å²) in [5.41, 5.74) is 1.44. The maximum atomic E-state index is 11.5. The van der Waals surface area contributed by atoms with E-state index < -0.39 is 21.8 Å². The lowest BCUT2D eigenvalue weighted by Crippen LogP contribution is -2.22. The Hall–Kier alpha value is -5.21. The van der Waals surface area contributed by atoms with Crippen LogP contribution in [-0.4, -0.2) is 58.4 Å². The molecule has 0 fully saturated rings. The maximum absolute atomic E-state index is 11.5. The molecule has 0 aromatic heterocycles. The summed E-state index contributed by atoms with van der Waals surface area (Å²) in [5, 5.41) is 19.5. The molecule has 3 aromatic rings. The van der Waals surface area contributed by atoms with Crippen LogP contribution in [0.2, 0.25) is 0 Å². The SMILES string of the molecule is [C-]#[N+]/C(C#N)=c1/cc(OCCOCCC(CS(=O)(=O)O)c2ccccc2)/c(=C(\C#N)[N+]#[C-])cc1OCCOCCC(C)c1ccccc1. The van der Waals surface area contributed by atoms with E-state index in [0.29, 0.717) is 18.9 Å². The van der Waals surface area contributed by atoms with Crippen molar-refractivity contribution in [3.63, 3.8) is 0 Å². The molecule has 1 N–H and O–H groups in total. The molecule has 0 saturated carbocycles. The lowest BCUT2D eigenvalue weighted by Gasteiger charge is -2.16. The minimum absolute atomic E-state index is 0.0210. The molecular formula is C36H36N4O7S. The first kappa shape index (κ1) is 37.2. The molecule has 0 saturated heterocycles. The van der Waals surface area contributed by atoms with Gasteiger partial charge in [-0.25, -0.2) is 20.2 Å². The first-order valence-corrected chi connectivity index (χ1v) is 16.8. The molecule has 48 heavy (non-hydrogen) atoms. The second-order valence-electron chi connectivity index (χ2n) is 10.7. The lowest BCUT2D eigenvalue weighted by atomic mass is 9.98. The summed E-state index contributed by atoms with van der Waals surface area (Å²) >= 11 is 0. The molecule has 0 aliphatic carbocycles. The minimum Gasteiger partial charge on any atom is -0.492 e. The molecule has 0 aliphatic heterocycles. The summed E-state index contributed by atoms with van der Waals surface area (Å²) in [4.78, 5) is 6.61. The number of ether oxygens (including phenoxy) is 4. The summed E-state index contributed by atoms with van der Waals surface area (Å²) in [6.07, 6.45) is 1.12. The molecule has 0 spiro atoms. The molecule has 12 heteroatoms. The van der Waals surface area contributed by atoms with Gasteiger partial charge in [-0.3, -0.25) is 4.55 Å². The topological polar surface area (TPSA) is 148 Å². The number of benzene rings is 3. The highest BCUT2D eigenvalue weighted by atomic mass is 32.2. The molecule has 0 heterocycles. The van der Waals surface area contributed by atoms with Crippen molar-refractivity contribution in [3.05, 3.63) is 117 Å². The molecule has 0 radical (unpaired) electrons. The number of hydrogen-bond donors (Lipinski definition) is 1. The van der Waals surface area contributed by atoms with Crippen molar-refractivity contribution < 1.29 is 31.9 Å². The molecule has 3 rings (SSSR count). The zero-order chi connectivity index (χ0) is 34.8. The molecule has 11 nitrogen and oxygen atoms in total. The Morgan fingerprint density at radius 2 is 1.21 bits per heavy atom. The summed E-state index contributed by atoms with van der Waals surface area (Å²) < 4.78 is 55.7. The zero-order valence-electron chi connectivity index (χ0n) is 26.5. The maximum Gasteiger partial charge on any atom is 0.272 e. The van der Waals surface area contributed by atoms with Gasteiger partial charge in [-0.15, -0.1) is 0 Å². The summed E-state index contributed by atoms with van der Waals surface area (Å²) in [7, 11) is -4.21. The number of hydrogen-bond acceptors (Lipinski definition) is 8. The molecule has 3 aromatic carbocycles. The average Bonchev–Trinajstić information content (AvgIpc) is 3.09. The fraction of sp³-hybridized carbons (Fsp3) is 0.333. The first-order chi connectivity index (χ1) is 23.2. The third kappa shape index (κ3) is 11.9. The van der Waals surface area contributed by atoms with Crippen molar-refractivity contribution in [2.45, 2.75) is 31.6 Å². The number of nitriles is 2. The van der Waals surface area contributed by atoms with Gasteiger partial charge in [0, 0.05) is 29.6 Å². The van der Waals surface area contributed by atoms with Crippen molar-refractivity contribution in [3.8, 4) is 23.6 Å². The van der Waals surface area contributed by atoms with Crippen LogP contribution < -0.4 is 19.9 Å². The molecular weight excluding hydrogens is 632 g/mol. The third-order valence-electron chi connectivity index (χ3n) is 7.36. The minimum atomic E-state index is -4.21. The van der Waals surface area contributed by atoms with Crippen LogP contribution in [0.25, 0.3) is 21.1 Å². The Balaban J connectivity index is 1.67. The Morgan fingerprint density at radius 1 is 0.750 bits per heavy atom. The van der Waals surface area contributed by atoms with Gasteiger partial charge in [0.25, 0.3) is 21.5 Å². The van der Waals surface area contributed by atoms with Crippen molar-refractivity contribution in [1.29, 1.82) is 10.5 Å². The van der Waals surface area contributed by atoms with E-state index >= 15 is 0 Å². The van der Waals surface area contributed by atoms with E-state index in [2.05, 4.69) is 28.7 Å². The molecule has 248 valence electrons. The highest BCUT2D eigenvalue weighted by Gasteiger charge is 2.19. The smallest absolute Gasteiger partial charge is 0.272 e. The average molecular weight is 669 g/mol. The zero-order valence-corrected chi connectivity index (χ0v) is 27.4. The molecule has 0 aliphatic rings. The Kier molecular flexibility index (Phi) is 15.1. The standard InChI is InChI=1S/C36H36N4O7S/c1-27(28-10-6-4-7-11-28)14-16-44-18-20-46-35-22-32(34(25-38)40-3)36(23-31(35)33(24-37)39-2)47-21-19-45-17-15-30(26-48(41,42)43)29-12-8-5-9-13-29/h4-13,22-23,27,30H,14-21,26H2,1H3,(H,41,42,43)/b33-31-,34-32+. The van der Waals surface area contributed by atoms with Crippen LogP contribution in [0, 0.1) is 35.8 Å². The second kappa shape index (κ2) is 19.5. The van der Waals surface area contributed by atoms with Crippen molar-refractivity contribution in [1.82, 2.24) is 0 Å². The summed E-state index contributed by atoms with van der Waals surface area (Å²) in [6.45, 7) is 18.1. The first-order valence-electron chi connectivity index (χ1n) is 15.1. The monoisotopic (exact) mass is 668 g/mol. The van der Waals surface area contributed by atoms with Crippen LogP contribution in [0.5, 0.6) is 11.5 Å². The fourth-order valence-electron chi connectivity index (χ4n) is 4.84. The van der Waals surface area contributed by atoms with Gasteiger partial charge in [0.2, 0.25) is 0 Å². The normalized spacial score (nSPS) is 13.5. The number of rotatable bonds is 18. The van der Waals surface area contributed by atoms with Gasteiger partial charge in [-0.1, -0.05) is 67.6 Å². The molecule has 0 amide bonds. The van der Waals surface area contributed by atoms with Gasteiger partial charge in [-0.2, -0.15) is 8.42 Å². The fourth-order valence-corrected chi connectivity index (χ4v) is 5.71. The highest BCUT2D eigenvalue weighted by molar-refractivity contribution is 7.85. The van der Waals surface area contributed by atoms with Gasteiger partial charge >= 0.3 is 0 Å². The van der Waals surface area contributed by atoms with Crippen LogP contribution in [0.15, 0.2) is 72.8 Å². The van der Waals surface area contributed by atoms with Gasteiger partial charge < -0.3 is 18.9 Å². The van der Waals surface area contributed by atoms with Crippen molar-refractivity contribution in [2.24, 2.45) is 0 Å². The van der Waals surface area contributed by atoms with E-state index in [0.717, 1.165) is 12.0 Å². The molecule has 0 bridgehead atoms. The largest absolute Gasteiger partial charge is 0.492 e. The second-order valence-corrected chi connectivity index (χ2v) is 12.2. The summed E-state index contributed by atoms with van der Waals surface area (Å²) in [5.74, 6) is -0.393. The van der Waals surface area contributed by atoms with Crippen molar-refractivity contribution >= 4 is 21.5 Å². The van der Waals surface area contributed by atoms with Gasteiger partial charge in [-0.05, 0) is 42.0 Å². The van der Waals surface area contributed by atoms with Crippen LogP contribution >= 0.6 is 0 Å². The predicted molar refractivity (Wildman–Crippen MR) is 179 cm³/mol. The lowest BCUT2D eigenvalue weighted by molar-refractivity contribution is 0.0940. The van der Waals surface area contributed by atoms with Gasteiger partial charge in [0.05, 0.1) is 44.2 Å². The van der Waals surface area contributed by atoms with E-state index in [4.69, 9.17) is 32.1 Å². The third-order valence-corrected chi connectivity index (χ3v) is 8.18. The van der Waals surface area contributed by atoms with Crippen molar-refractivity contribution in [2.75, 3.05) is 45.4 Å². The Morgan fingerprint density at radius 3 is 1.65 bits per heavy atom. The Bertz CT molecular complexity index is 1880. The summed E-state index contributed by atoms with van der Waals surface area (Å²) in [6, 6.07) is 25.5. The number of nitrogens with zero attached hydrogens (tertiary/aromatic N) is 4. The quantitative estimate of drug-likeness (QED) is 0.114. The predicted octanol–water partition coefficient (Wildman–Crippen LogP) is 4.84. The van der Waals surface area contributed by atoms with Crippen LogP contribution in [0.1, 0.15) is 42.7 Å². The van der Waals surface area contributed by atoms with E-state index in [9.17, 15) is 23.5 Å². The van der Waals surface area contributed by atoms with Crippen LogP contribution in [-0.2, 0) is 19.6 Å². The van der Waals surface area contributed by atoms with Crippen LogP contribution in [0.3, 0.4) is 0 Å². The van der Waals surface area contributed by atoms with Gasteiger partial charge in [0.1, 0.15) is 24.7 Å². The van der Waals surface area contributed by atoms with Crippen LogP contribution in [0.4, 0.5) is 0 Å². The van der Waals surface area contributed by atoms with E-state index in [-0.39, 0.29) is 66.4 Å². The van der Waals surface area contributed by atoms with E-state index in [1.165, 1.54) is 17.7 Å².